The maximum Gasteiger partial charge on any atom is 0.227 e. The van der Waals surface area contributed by atoms with Gasteiger partial charge in [0.05, 0.1) is 26.2 Å². The highest BCUT2D eigenvalue weighted by Gasteiger charge is 2.31. The summed E-state index contributed by atoms with van der Waals surface area (Å²) in [4.78, 5) is 15.7. The Morgan fingerprint density at radius 2 is 1.44 bits per heavy atom. The fraction of sp³-hybridized carbons (Fsp3) is 0.424. The lowest BCUT2D eigenvalue weighted by atomic mass is 10.0. The molecule has 39 heavy (non-hydrogen) atoms. The molecule has 0 saturated carbocycles. The van der Waals surface area contributed by atoms with Crippen molar-refractivity contribution in [3.8, 4) is 0 Å². The molecule has 1 amide bonds. The number of carbonyl (C=O) groups is 1. The maximum atomic E-state index is 13.6. The van der Waals surface area contributed by atoms with Crippen LogP contribution in [0, 0.1) is 27.7 Å². The number of benzene rings is 3. The van der Waals surface area contributed by atoms with Crippen molar-refractivity contribution in [1.82, 2.24) is 4.90 Å². The summed E-state index contributed by atoms with van der Waals surface area (Å²) >= 11 is 3.55. The predicted molar refractivity (Wildman–Crippen MR) is 159 cm³/mol. The largest absolute Gasteiger partial charge is 1.00 e. The monoisotopic (exact) mass is 656 g/mol. The number of amides is 1. The number of nitrogens with zero attached hydrogens (tertiary/aromatic N) is 2. The fourth-order valence-corrected chi connectivity index (χ4v) is 6.39. The molecule has 1 fully saturated rings. The highest BCUT2D eigenvalue weighted by Crippen LogP contribution is 2.22. The van der Waals surface area contributed by atoms with Crippen LogP contribution in [0.15, 0.2) is 65.1 Å². The zero-order valence-corrected chi connectivity index (χ0v) is 27.0. The zero-order chi connectivity index (χ0) is 27.1. The number of morpholine rings is 1. The minimum atomic E-state index is 0. The molecule has 1 aliphatic heterocycles. The first-order valence-electron chi connectivity index (χ1n) is 13.8. The Bertz CT molecular complexity index is 1210. The molecule has 4 nitrogen and oxygen atoms in total. The topological polar surface area (TPSA) is 29.5 Å². The molecule has 1 aliphatic rings. The quantitative estimate of drug-likeness (QED) is 0.312. The van der Waals surface area contributed by atoms with Crippen LogP contribution in [-0.4, -0.2) is 54.7 Å². The molecule has 0 aromatic heterocycles. The lowest BCUT2D eigenvalue weighted by molar-refractivity contribution is -0.947. The third-order valence-electron chi connectivity index (χ3n) is 7.53. The minimum absolute atomic E-state index is 0. The second-order valence-corrected chi connectivity index (χ2v) is 12.2. The van der Waals surface area contributed by atoms with Gasteiger partial charge in [0.25, 0.3) is 0 Å². The summed E-state index contributed by atoms with van der Waals surface area (Å²) in [7, 11) is 0. The molecule has 0 spiro atoms. The smallest absolute Gasteiger partial charge is 0.227 e. The van der Waals surface area contributed by atoms with E-state index in [0.717, 1.165) is 66.9 Å². The molecule has 0 radical (unpaired) electrons. The van der Waals surface area contributed by atoms with Crippen molar-refractivity contribution in [1.29, 1.82) is 0 Å². The summed E-state index contributed by atoms with van der Waals surface area (Å²) in [5.41, 5.74) is 8.78. The van der Waals surface area contributed by atoms with E-state index in [1.807, 2.05) is 24.3 Å². The Kier molecular flexibility index (Phi) is 11.8. The molecule has 0 N–H and O–H groups in total. The second kappa shape index (κ2) is 14.6. The van der Waals surface area contributed by atoms with Gasteiger partial charge in [-0.3, -0.25) is 4.79 Å². The summed E-state index contributed by atoms with van der Waals surface area (Å²) in [6.45, 7) is 15.8. The lowest BCUT2D eigenvalue weighted by Gasteiger charge is -2.42. The first kappa shape index (κ1) is 31.5. The Balaban J connectivity index is 0.00000420. The molecule has 0 atom stereocenters. The van der Waals surface area contributed by atoms with Crippen molar-refractivity contribution in [3.63, 3.8) is 0 Å². The average molecular weight is 659 g/mol. The average Bonchev–Trinajstić information content (AvgIpc) is 2.83. The first-order chi connectivity index (χ1) is 18.2. The summed E-state index contributed by atoms with van der Waals surface area (Å²) in [6.07, 6.45) is 1.39. The third kappa shape index (κ3) is 9.56. The van der Waals surface area contributed by atoms with E-state index in [1.54, 1.807) is 0 Å². The van der Waals surface area contributed by atoms with E-state index in [1.165, 1.54) is 33.4 Å². The van der Waals surface area contributed by atoms with Crippen molar-refractivity contribution >= 4 is 21.8 Å². The van der Waals surface area contributed by atoms with E-state index in [4.69, 9.17) is 4.74 Å². The summed E-state index contributed by atoms with van der Waals surface area (Å²) in [5, 5.41) is 0. The molecule has 0 bridgehead atoms. The van der Waals surface area contributed by atoms with Crippen LogP contribution in [-0.2, 0) is 29.0 Å². The van der Waals surface area contributed by atoms with Gasteiger partial charge in [-0.05, 0) is 51.0 Å². The Morgan fingerprint density at radius 3 is 2.03 bits per heavy atom. The van der Waals surface area contributed by atoms with E-state index in [-0.39, 0.29) is 22.9 Å². The van der Waals surface area contributed by atoms with Crippen LogP contribution in [0.1, 0.15) is 45.4 Å². The van der Waals surface area contributed by atoms with Gasteiger partial charge in [0, 0.05) is 29.5 Å². The molecule has 0 unspecified atom stereocenters. The van der Waals surface area contributed by atoms with Gasteiger partial charge < -0.3 is 31.1 Å². The van der Waals surface area contributed by atoms with E-state index in [0.29, 0.717) is 13.0 Å². The van der Waals surface area contributed by atoms with Gasteiger partial charge in [-0.15, -0.1) is 0 Å². The molecular formula is C33H42Br2N2O2. The molecule has 3 aromatic carbocycles. The van der Waals surface area contributed by atoms with Gasteiger partial charge in [0.15, 0.2) is 0 Å². The van der Waals surface area contributed by atoms with Gasteiger partial charge in [-0.25, -0.2) is 0 Å². The van der Waals surface area contributed by atoms with Crippen LogP contribution < -0.4 is 17.0 Å². The van der Waals surface area contributed by atoms with Gasteiger partial charge in [-0.1, -0.05) is 86.7 Å². The lowest BCUT2D eigenvalue weighted by Crippen LogP contribution is -3.00. The van der Waals surface area contributed by atoms with Gasteiger partial charge in [-0.2, -0.15) is 0 Å². The van der Waals surface area contributed by atoms with Crippen molar-refractivity contribution in [2.45, 2.75) is 53.6 Å². The Hall–Kier alpha value is -1.99. The number of halogens is 2. The number of aryl methyl sites for hydroxylation is 4. The van der Waals surface area contributed by atoms with Crippen molar-refractivity contribution in [3.05, 3.63) is 104 Å². The van der Waals surface area contributed by atoms with E-state index in [2.05, 4.69) is 84.9 Å². The summed E-state index contributed by atoms with van der Waals surface area (Å²) in [6, 6.07) is 21.6. The van der Waals surface area contributed by atoms with Gasteiger partial charge in [0.2, 0.25) is 5.91 Å². The number of ether oxygens (including phenoxy) is 1. The first-order valence-corrected chi connectivity index (χ1v) is 14.6. The summed E-state index contributed by atoms with van der Waals surface area (Å²) < 4.78 is 7.81. The van der Waals surface area contributed by atoms with Crippen LogP contribution in [0.2, 0.25) is 0 Å². The highest BCUT2D eigenvalue weighted by molar-refractivity contribution is 9.10. The van der Waals surface area contributed by atoms with Gasteiger partial charge in [0.1, 0.15) is 19.6 Å². The van der Waals surface area contributed by atoms with Crippen LogP contribution in [0.3, 0.4) is 0 Å². The van der Waals surface area contributed by atoms with E-state index in [9.17, 15) is 4.79 Å². The SMILES string of the molecule is Cc1cc(C)cc(CN(CCC[N+]2(Cc3cc(C)cc(C)c3)CCOCC2)C(=O)Cc2cccc(Br)c2)c1.[Br-]. The van der Waals surface area contributed by atoms with E-state index >= 15 is 0 Å². The van der Waals surface area contributed by atoms with Crippen molar-refractivity contribution in [2.75, 3.05) is 39.4 Å². The van der Waals surface area contributed by atoms with Crippen LogP contribution in [0.5, 0.6) is 0 Å². The summed E-state index contributed by atoms with van der Waals surface area (Å²) in [5.74, 6) is 0.185. The zero-order valence-electron chi connectivity index (χ0n) is 23.8. The number of hydrogen-bond acceptors (Lipinski definition) is 2. The number of hydrogen-bond donors (Lipinski definition) is 0. The molecule has 210 valence electrons. The molecular weight excluding hydrogens is 616 g/mol. The molecule has 6 heteroatoms. The maximum absolute atomic E-state index is 13.6. The molecule has 1 heterocycles. The van der Waals surface area contributed by atoms with Crippen molar-refractivity contribution < 1.29 is 31.0 Å². The van der Waals surface area contributed by atoms with Crippen molar-refractivity contribution in [2.24, 2.45) is 0 Å². The standard InChI is InChI=1S/C33H42BrN2O2.BrH/c1-25-15-26(2)18-30(17-25)23-35(33(37)22-29-7-5-8-32(34)21-29)9-6-10-36(11-13-38-14-12-36)24-31-19-27(3)16-28(4)20-31;/h5,7-8,15-21H,6,9-14,22-24H2,1-4H3;1H/q+1;/p-1. The van der Waals surface area contributed by atoms with Crippen LogP contribution in [0.4, 0.5) is 0 Å². The minimum Gasteiger partial charge on any atom is -1.00 e. The van der Waals surface area contributed by atoms with Crippen LogP contribution in [0.25, 0.3) is 0 Å². The number of carbonyl (C=O) groups excluding carboxylic acids is 1. The third-order valence-corrected chi connectivity index (χ3v) is 8.03. The van der Waals surface area contributed by atoms with Crippen LogP contribution >= 0.6 is 15.9 Å². The Labute approximate surface area is 253 Å². The Morgan fingerprint density at radius 1 is 0.846 bits per heavy atom. The molecule has 0 aliphatic carbocycles. The molecule has 3 aromatic rings. The van der Waals surface area contributed by atoms with E-state index < -0.39 is 0 Å². The molecule has 4 rings (SSSR count). The molecule has 1 saturated heterocycles. The number of quaternary nitrogens is 1. The highest BCUT2D eigenvalue weighted by atomic mass is 79.9. The predicted octanol–water partition coefficient (Wildman–Crippen LogP) is 3.70. The number of rotatable bonds is 10. The second-order valence-electron chi connectivity index (χ2n) is 11.3. The normalized spacial score (nSPS) is 14.5. The fourth-order valence-electron chi connectivity index (χ4n) is 5.94. The van der Waals surface area contributed by atoms with Gasteiger partial charge >= 0.3 is 0 Å².